The van der Waals surface area contributed by atoms with Crippen molar-refractivity contribution < 1.29 is 23.1 Å². The number of rotatable bonds is 5. The number of sulfonamides is 1. The van der Waals surface area contributed by atoms with Gasteiger partial charge in [0, 0.05) is 0 Å². The van der Waals surface area contributed by atoms with Crippen LogP contribution in [-0.4, -0.2) is 37.7 Å². The van der Waals surface area contributed by atoms with Crippen molar-refractivity contribution >= 4 is 16.0 Å². The molecular formula is C14H21NO5S. The number of carbonyl (C=O) groups excluding carboxylic acids is 1. The molecule has 0 spiro atoms. The van der Waals surface area contributed by atoms with Crippen molar-refractivity contribution in [3.8, 4) is 0 Å². The minimum Gasteiger partial charge on any atom is -0.465 e. The van der Waals surface area contributed by atoms with Crippen LogP contribution in [0.2, 0.25) is 0 Å². The van der Waals surface area contributed by atoms with Crippen LogP contribution in [0.4, 0.5) is 0 Å². The molecule has 0 saturated carbocycles. The molecule has 0 aliphatic heterocycles. The molecule has 1 aromatic carbocycles. The van der Waals surface area contributed by atoms with Gasteiger partial charge in [-0.15, -0.1) is 0 Å². The van der Waals surface area contributed by atoms with Crippen LogP contribution in [0.25, 0.3) is 0 Å². The Bertz CT molecular complexity index is 629. The Morgan fingerprint density at radius 1 is 1.24 bits per heavy atom. The first-order valence-corrected chi connectivity index (χ1v) is 7.84. The quantitative estimate of drug-likeness (QED) is 0.799. The van der Waals surface area contributed by atoms with Crippen molar-refractivity contribution in [2.24, 2.45) is 0 Å². The Balaban J connectivity index is 3.18. The lowest BCUT2D eigenvalue weighted by Gasteiger charge is -2.37. The number of carbonyl (C=O) groups is 1. The summed E-state index contributed by atoms with van der Waals surface area (Å²) in [6, 6.07) is 5.52. The van der Waals surface area contributed by atoms with Crippen molar-refractivity contribution in [2.75, 3.05) is 7.11 Å². The third-order valence-corrected chi connectivity index (χ3v) is 5.14. The van der Waals surface area contributed by atoms with E-state index in [4.69, 9.17) is 0 Å². The van der Waals surface area contributed by atoms with E-state index in [0.29, 0.717) is 0 Å². The van der Waals surface area contributed by atoms with Crippen LogP contribution in [0, 0.1) is 0 Å². The second kappa shape index (κ2) is 5.75. The van der Waals surface area contributed by atoms with E-state index in [1.807, 2.05) is 0 Å². The molecule has 0 bridgehead atoms. The first kappa shape index (κ1) is 17.6. The maximum Gasteiger partial charge on any atom is 0.337 e. The van der Waals surface area contributed by atoms with Gasteiger partial charge < -0.3 is 9.84 Å². The highest BCUT2D eigenvalue weighted by Crippen LogP contribution is 2.24. The average molecular weight is 315 g/mol. The van der Waals surface area contributed by atoms with Gasteiger partial charge in [-0.3, -0.25) is 0 Å². The fourth-order valence-electron chi connectivity index (χ4n) is 1.43. The Hall–Kier alpha value is -1.44. The van der Waals surface area contributed by atoms with E-state index in [-0.39, 0.29) is 10.5 Å². The van der Waals surface area contributed by atoms with Gasteiger partial charge in [-0.05, 0) is 45.9 Å². The molecule has 2 N–H and O–H groups in total. The van der Waals surface area contributed by atoms with E-state index >= 15 is 0 Å². The van der Waals surface area contributed by atoms with Gasteiger partial charge in [-0.1, -0.05) is 6.07 Å². The lowest BCUT2D eigenvalue weighted by Crippen LogP contribution is -2.57. The molecule has 0 saturated heterocycles. The Morgan fingerprint density at radius 2 is 1.81 bits per heavy atom. The number of hydrogen-bond acceptors (Lipinski definition) is 5. The molecule has 0 amide bonds. The lowest BCUT2D eigenvalue weighted by molar-refractivity contribution is 0.00638. The van der Waals surface area contributed by atoms with E-state index in [1.54, 1.807) is 13.8 Å². The third-order valence-electron chi connectivity index (χ3n) is 3.48. The second-order valence-corrected chi connectivity index (χ2v) is 7.49. The molecule has 7 heteroatoms. The predicted octanol–water partition coefficient (Wildman–Crippen LogP) is 1.30. The fourth-order valence-corrected chi connectivity index (χ4v) is 3.01. The smallest absolute Gasteiger partial charge is 0.337 e. The summed E-state index contributed by atoms with van der Waals surface area (Å²) in [5.41, 5.74) is -2.21. The van der Waals surface area contributed by atoms with E-state index < -0.39 is 27.1 Å². The van der Waals surface area contributed by atoms with Crippen LogP contribution in [0.15, 0.2) is 29.2 Å². The number of ether oxygens (including phenoxy) is 1. The monoisotopic (exact) mass is 315 g/mol. The van der Waals surface area contributed by atoms with E-state index in [2.05, 4.69) is 9.46 Å². The van der Waals surface area contributed by atoms with Crippen LogP contribution in [0.5, 0.6) is 0 Å². The van der Waals surface area contributed by atoms with Crippen LogP contribution in [0.1, 0.15) is 38.1 Å². The zero-order valence-electron chi connectivity index (χ0n) is 12.8. The second-order valence-electron chi connectivity index (χ2n) is 5.81. The Kier molecular flexibility index (Phi) is 4.82. The number of hydrogen-bond donors (Lipinski definition) is 2. The average Bonchev–Trinajstić information content (AvgIpc) is 2.35. The van der Waals surface area contributed by atoms with Crippen molar-refractivity contribution in [3.63, 3.8) is 0 Å². The topological polar surface area (TPSA) is 92.7 Å². The summed E-state index contributed by atoms with van der Waals surface area (Å²) in [5.74, 6) is -0.617. The van der Waals surface area contributed by atoms with Gasteiger partial charge in [0.2, 0.25) is 10.0 Å². The van der Waals surface area contributed by atoms with Gasteiger partial charge in [0.05, 0.1) is 28.7 Å². The van der Waals surface area contributed by atoms with Crippen LogP contribution in [-0.2, 0) is 14.8 Å². The molecule has 118 valence electrons. The van der Waals surface area contributed by atoms with Gasteiger partial charge in [-0.2, -0.15) is 0 Å². The normalized spacial score (nSPS) is 13.0. The minimum absolute atomic E-state index is 0.0669. The summed E-state index contributed by atoms with van der Waals surface area (Å²) in [6.45, 7) is 6.18. The number of methoxy groups -OCH3 is 1. The van der Waals surface area contributed by atoms with E-state index in [0.717, 1.165) is 0 Å². The molecule has 0 heterocycles. The zero-order chi connectivity index (χ0) is 16.5. The maximum absolute atomic E-state index is 12.4. The van der Waals surface area contributed by atoms with Crippen LogP contribution >= 0.6 is 0 Å². The summed E-state index contributed by atoms with van der Waals surface area (Å²) in [5, 5.41) is 10.0. The Morgan fingerprint density at radius 3 is 2.29 bits per heavy atom. The van der Waals surface area contributed by atoms with E-state index in [1.165, 1.54) is 45.2 Å². The molecule has 0 fully saturated rings. The molecule has 1 aromatic rings. The SMILES string of the molecule is COC(=O)c1cccc(S(=O)(=O)NC(C)(C)C(C)(C)O)c1. The molecule has 0 radical (unpaired) electrons. The molecule has 0 aromatic heterocycles. The first-order chi connectivity index (χ1) is 9.40. The maximum atomic E-state index is 12.4. The largest absolute Gasteiger partial charge is 0.465 e. The first-order valence-electron chi connectivity index (χ1n) is 6.35. The molecule has 0 aliphatic carbocycles. The van der Waals surface area contributed by atoms with E-state index in [9.17, 15) is 18.3 Å². The third kappa shape index (κ3) is 4.03. The lowest BCUT2D eigenvalue weighted by atomic mass is 9.87. The van der Waals surface area contributed by atoms with Crippen LogP contribution < -0.4 is 4.72 Å². The fraction of sp³-hybridized carbons (Fsp3) is 0.500. The van der Waals surface area contributed by atoms with Crippen molar-refractivity contribution in [3.05, 3.63) is 29.8 Å². The molecule has 6 nitrogen and oxygen atoms in total. The van der Waals surface area contributed by atoms with Gasteiger partial charge in [0.15, 0.2) is 0 Å². The van der Waals surface area contributed by atoms with Crippen molar-refractivity contribution in [1.29, 1.82) is 0 Å². The van der Waals surface area contributed by atoms with Gasteiger partial charge >= 0.3 is 5.97 Å². The number of esters is 1. The minimum atomic E-state index is -3.88. The molecule has 1 rings (SSSR count). The summed E-state index contributed by atoms with van der Waals surface area (Å²) in [7, 11) is -2.66. The van der Waals surface area contributed by atoms with Crippen molar-refractivity contribution in [1.82, 2.24) is 4.72 Å². The summed E-state index contributed by atoms with van der Waals surface area (Å²) >= 11 is 0. The summed E-state index contributed by atoms with van der Waals surface area (Å²) < 4.78 is 31.8. The highest BCUT2D eigenvalue weighted by molar-refractivity contribution is 7.89. The standard InChI is InChI=1S/C14H21NO5S/c1-13(2,14(3,4)17)15-21(18,19)11-8-6-7-10(9-11)12(16)20-5/h6-9,15,17H,1-5H3. The van der Waals surface area contributed by atoms with Crippen LogP contribution in [0.3, 0.4) is 0 Å². The summed E-state index contributed by atoms with van der Waals surface area (Å²) in [6.07, 6.45) is 0. The zero-order valence-corrected chi connectivity index (χ0v) is 13.6. The highest BCUT2D eigenvalue weighted by atomic mass is 32.2. The van der Waals surface area contributed by atoms with Gasteiger partial charge in [0.1, 0.15) is 0 Å². The van der Waals surface area contributed by atoms with Gasteiger partial charge in [0.25, 0.3) is 0 Å². The molecule has 0 aliphatic rings. The van der Waals surface area contributed by atoms with Gasteiger partial charge in [-0.25, -0.2) is 17.9 Å². The molecule has 0 atom stereocenters. The highest BCUT2D eigenvalue weighted by Gasteiger charge is 2.38. The summed E-state index contributed by atoms with van der Waals surface area (Å²) in [4.78, 5) is 11.4. The molecule has 21 heavy (non-hydrogen) atoms. The predicted molar refractivity (Wildman–Crippen MR) is 78.5 cm³/mol. The number of aliphatic hydroxyl groups is 1. The number of benzene rings is 1. The number of nitrogens with one attached hydrogen (secondary N) is 1. The molecule has 0 unspecified atom stereocenters. The van der Waals surface area contributed by atoms with Crippen molar-refractivity contribution in [2.45, 2.75) is 43.7 Å². The Labute approximate surface area is 125 Å². The molecular weight excluding hydrogens is 294 g/mol.